The molecule has 0 unspecified atom stereocenters. The van der Waals surface area contributed by atoms with Gasteiger partial charge in [-0.2, -0.15) is 0 Å². The number of aliphatic hydroxyl groups excluding tert-OH is 4. The highest BCUT2D eigenvalue weighted by Gasteiger charge is 2.64. The quantitative estimate of drug-likeness (QED) is 0.402. The average molecular weight is 373 g/mol. The van der Waals surface area contributed by atoms with E-state index in [-0.39, 0.29) is 11.3 Å². The van der Waals surface area contributed by atoms with Gasteiger partial charge in [0.2, 0.25) is 0 Å². The fourth-order valence-corrected chi connectivity index (χ4v) is 5.71. The van der Waals surface area contributed by atoms with Crippen molar-refractivity contribution in [3.05, 3.63) is 12.2 Å². The third kappa shape index (κ3) is 3.36. The van der Waals surface area contributed by atoms with Crippen LogP contribution in [0.25, 0.3) is 0 Å². The molecule has 6 heteroatoms. The van der Waals surface area contributed by atoms with E-state index >= 15 is 0 Å². The van der Waals surface area contributed by atoms with Gasteiger partial charge in [-0.05, 0) is 43.4 Å². The SMILES string of the molecule is CC1(C)CCC[C@@]2(C)[C@H]1[C@@H](O)[C@H](O)[C@@](C)(O)[C@@H]2/C=C/[C@](C)(O)[C@@H](O)CO. The molecule has 2 aliphatic rings. The average Bonchev–Trinajstić information content (AvgIpc) is 2.50. The molecule has 152 valence electrons. The molecule has 0 radical (unpaired) electrons. The molecular weight excluding hydrogens is 336 g/mol. The largest absolute Gasteiger partial charge is 0.394 e. The van der Waals surface area contributed by atoms with Crippen LogP contribution < -0.4 is 0 Å². The van der Waals surface area contributed by atoms with E-state index in [9.17, 15) is 25.5 Å². The maximum Gasteiger partial charge on any atom is 0.109 e. The van der Waals surface area contributed by atoms with Crippen molar-refractivity contribution in [2.45, 2.75) is 83.4 Å². The predicted octanol–water partition coefficient (Wildman–Crippen LogP) is 0.582. The van der Waals surface area contributed by atoms with E-state index in [0.717, 1.165) is 19.3 Å². The molecule has 0 aromatic carbocycles. The third-order valence-corrected chi connectivity index (χ3v) is 7.17. The van der Waals surface area contributed by atoms with E-state index in [1.807, 2.05) is 6.92 Å². The summed E-state index contributed by atoms with van der Waals surface area (Å²) in [6.07, 6.45) is 1.97. The summed E-state index contributed by atoms with van der Waals surface area (Å²) in [5.41, 5.74) is -3.94. The summed E-state index contributed by atoms with van der Waals surface area (Å²) >= 11 is 0. The van der Waals surface area contributed by atoms with Gasteiger partial charge in [-0.3, -0.25) is 0 Å². The van der Waals surface area contributed by atoms with Crippen molar-refractivity contribution in [2.24, 2.45) is 22.7 Å². The van der Waals surface area contributed by atoms with Crippen molar-refractivity contribution < 1.29 is 30.6 Å². The normalized spacial score (nSPS) is 46.6. The smallest absolute Gasteiger partial charge is 0.109 e. The molecule has 8 atom stereocenters. The van der Waals surface area contributed by atoms with E-state index < -0.39 is 47.5 Å². The number of rotatable bonds is 4. The van der Waals surface area contributed by atoms with E-state index in [0.29, 0.717) is 0 Å². The molecule has 0 heterocycles. The van der Waals surface area contributed by atoms with Gasteiger partial charge in [0.15, 0.2) is 0 Å². The standard InChI is InChI=1S/C20H36O6/c1-17(2)8-6-9-18(3)12(7-10-19(4,25)13(22)11-21)20(5,26)16(24)14(23)15(17)18/h7,10,12-16,21-26H,6,8-9,11H2,1-5H3/b10-7+/t12-,13+,14-,15+,16+,18-,19+,20+/m1/s1. The van der Waals surface area contributed by atoms with Crippen LogP contribution in [0.15, 0.2) is 12.2 Å². The molecule has 6 N–H and O–H groups in total. The van der Waals surface area contributed by atoms with Gasteiger partial charge in [-0.15, -0.1) is 0 Å². The molecule has 0 saturated heterocycles. The first-order valence-corrected chi connectivity index (χ1v) is 9.51. The Hall–Kier alpha value is -0.500. The fourth-order valence-electron chi connectivity index (χ4n) is 5.71. The number of aliphatic hydroxyl groups is 6. The monoisotopic (exact) mass is 372 g/mol. The molecular formula is C20H36O6. The van der Waals surface area contributed by atoms with Gasteiger partial charge in [0.1, 0.15) is 17.8 Å². The molecule has 26 heavy (non-hydrogen) atoms. The Kier molecular flexibility index (Phi) is 5.73. The van der Waals surface area contributed by atoms with Crippen molar-refractivity contribution in [3.8, 4) is 0 Å². The highest BCUT2D eigenvalue weighted by molar-refractivity contribution is 5.20. The lowest BCUT2D eigenvalue weighted by Gasteiger charge is -2.63. The van der Waals surface area contributed by atoms with Gasteiger partial charge < -0.3 is 30.6 Å². The minimum Gasteiger partial charge on any atom is -0.394 e. The van der Waals surface area contributed by atoms with Crippen LogP contribution >= 0.6 is 0 Å². The molecule has 0 bridgehead atoms. The Labute approximate surface area is 156 Å². The van der Waals surface area contributed by atoms with Crippen LogP contribution in [0.2, 0.25) is 0 Å². The lowest BCUT2D eigenvalue weighted by molar-refractivity contribution is -0.255. The minimum absolute atomic E-state index is 0.205. The van der Waals surface area contributed by atoms with Crippen LogP contribution in [0.3, 0.4) is 0 Å². The Morgan fingerprint density at radius 1 is 1.15 bits per heavy atom. The number of hydrogen-bond acceptors (Lipinski definition) is 6. The van der Waals surface area contributed by atoms with Gasteiger partial charge >= 0.3 is 0 Å². The van der Waals surface area contributed by atoms with Crippen molar-refractivity contribution in [1.29, 1.82) is 0 Å². The zero-order valence-electron chi connectivity index (χ0n) is 16.6. The second-order valence-corrected chi connectivity index (χ2v) is 9.75. The fraction of sp³-hybridized carbons (Fsp3) is 0.900. The molecule has 2 aliphatic carbocycles. The van der Waals surface area contributed by atoms with Crippen molar-refractivity contribution in [1.82, 2.24) is 0 Å². The molecule has 0 aromatic heterocycles. The van der Waals surface area contributed by atoms with Crippen molar-refractivity contribution in [3.63, 3.8) is 0 Å². The Morgan fingerprint density at radius 3 is 2.27 bits per heavy atom. The van der Waals surface area contributed by atoms with E-state index in [1.165, 1.54) is 19.9 Å². The first-order valence-electron chi connectivity index (χ1n) is 9.51. The maximum absolute atomic E-state index is 11.1. The minimum atomic E-state index is -1.66. The van der Waals surface area contributed by atoms with E-state index in [4.69, 9.17) is 5.11 Å². The first kappa shape index (κ1) is 21.8. The summed E-state index contributed by atoms with van der Waals surface area (Å²) in [7, 11) is 0. The summed E-state index contributed by atoms with van der Waals surface area (Å²) in [4.78, 5) is 0. The van der Waals surface area contributed by atoms with Crippen LogP contribution in [-0.4, -0.2) is 66.8 Å². The Balaban J connectivity index is 2.51. The second kappa shape index (κ2) is 6.83. The molecule has 6 nitrogen and oxygen atoms in total. The highest BCUT2D eigenvalue weighted by Crippen LogP contribution is 2.62. The van der Waals surface area contributed by atoms with Crippen LogP contribution in [0.1, 0.15) is 53.9 Å². The molecule has 2 saturated carbocycles. The number of hydrogen-bond donors (Lipinski definition) is 6. The summed E-state index contributed by atoms with van der Waals surface area (Å²) < 4.78 is 0. The molecule has 0 aliphatic heterocycles. The van der Waals surface area contributed by atoms with Crippen LogP contribution in [0.4, 0.5) is 0 Å². The van der Waals surface area contributed by atoms with Crippen LogP contribution in [0.5, 0.6) is 0 Å². The molecule has 2 fully saturated rings. The summed E-state index contributed by atoms with van der Waals surface area (Å²) in [5, 5.41) is 61.9. The molecule has 0 spiro atoms. The van der Waals surface area contributed by atoms with Gasteiger partial charge in [-0.1, -0.05) is 39.3 Å². The Morgan fingerprint density at radius 2 is 1.73 bits per heavy atom. The van der Waals surface area contributed by atoms with E-state index in [1.54, 1.807) is 6.08 Å². The summed E-state index contributed by atoms with van der Waals surface area (Å²) in [6, 6.07) is 0. The first-order chi connectivity index (χ1) is 11.7. The highest BCUT2D eigenvalue weighted by atomic mass is 16.4. The van der Waals surface area contributed by atoms with Crippen molar-refractivity contribution >= 4 is 0 Å². The van der Waals surface area contributed by atoms with Crippen LogP contribution in [-0.2, 0) is 0 Å². The molecule has 2 rings (SSSR count). The maximum atomic E-state index is 11.1. The van der Waals surface area contributed by atoms with Gasteiger partial charge in [0, 0.05) is 5.92 Å². The Bertz CT molecular complexity index is 540. The molecule has 0 amide bonds. The summed E-state index contributed by atoms with van der Waals surface area (Å²) in [6.45, 7) is 8.49. The van der Waals surface area contributed by atoms with Crippen LogP contribution in [0, 0.1) is 22.7 Å². The summed E-state index contributed by atoms with van der Waals surface area (Å²) in [5.74, 6) is -0.753. The van der Waals surface area contributed by atoms with Gasteiger partial charge in [0.25, 0.3) is 0 Å². The second-order valence-electron chi connectivity index (χ2n) is 9.75. The topological polar surface area (TPSA) is 121 Å². The van der Waals surface area contributed by atoms with Gasteiger partial charge in [-0.25, -0.2) is 0 Å². The lowest BCUT2D eigenvalue weighted by atomic mass is 9.44. The lowest BCUT2D eigenvalue weighted by Crippen LogP contribution is -2.69. The third-order valence-electron chi connectivity index (χ3n) is 7.17. The predicted molar refractivity (Wildman–Crippen MR) is 98.2 cm³/mol. The van der Waals surface area contributed by atoms with Crippen molar-refractivity contribution in [2.75, 3.05) is 6.61 Å². The van der Waals surface area contributed by atoms with Gasteiger partial charge in [0.05, 0.1) is 18.3 Å². The zero-order valence-corrected chi connectivity index (χ0v) is 16.6. The van der Waals surface area contributed by atoms with E-state index in [2.05, 4.69) is 13.8 Å². The number of fused-ring (bicyclic) bond motifs is 1. The zero-order chi connectivity index (χ0) is 20.1. The molecule has 0 aromatic rings.